The van der Waals surface area contributed by atoms with Gasteiger partial charge in [-0.25, -0.2) is 4.98 Å². The number of nitrogens with zero attached hydrogens (tertiary/aromatic N) is 2. The summed E-state index contributed by atoms with van der Waals surface area (Å²) in [5.41, 5.74) is 3.12. The van der Waals surface area contributed by atoms with Gasteiger partial charge in [0.2, 0.25) is 11.8 Å². The summed E-state index contributed by atoms with van der Waals surface area (Å²) >= 11 is 6.40. The number of aromatic nitrogens is 1. The zero-order valence-corrected chi connectivity index (χ0v) is 17.4. The fraction of sp³-hybridized carbons (Fsp3) is 0.125. The lowest BCUT2D eigenvalue weighted by molar-refractivity contribution is -0.119. The van der Waals surface area contributed by atoms with Crippen LogP contribution >= 0.6 is 11.6 Å². The maximum absolute atomic E-state index is 11.0. The number of nitriles is 1. The fourth-order valence-electron chi connectivity index (χ4n) is 2.87. The van der Waals surface area contributed by atoms with Crippen molar-refractivity contribution in [3.8, 4) is 28.8 Å². The molecule has 2 aromatic carbocycles. The van der Waals surface area contributed by atoms with Crippen LogP contribution in [0.3, 0.4) is 0 Å². The molecule has 0 aliphatic carbocycles. The highest BCUT2D eigenvalue weighted by Crippen LogP contribution is 2.33. The second kappa shape index (κ2) is 9.73. The number of hydrogen-bond donors (Lipinski definition) is 1. The quantitative estimate of drug-likeness (QED) is 0.566. The Bertz CT molecular complexity index is 1120. The molecule has 1 amide bonds. The van der Waals surface area contributed by atoms with E-state index in [1.54, 1.807) is 30.5 Å². The number of ether oxygens (including phenoxy) is 1. The van der Waals surface area contributed by atoms with E-state index >= 15 is 0 Å². The van der Waals surface area contributed by atoms with Crippen molar-refractivity contribution in [3.63, 3.8) is 0 Å². The van der Waals surface area contributed by atoms with E-state index in [0.717, 1.165) is 16.7 Å². The number of hydrogen-bond acceptors (Lipinski definition) is 4. The van der Waals surface area contributed by atoms with Gasteiger partial charge in [0.25, 0.3) is 0 Å². The Morgan fingerprint density at radius 3 is 2.70 bits per heavy atom. The summed E-state index contributed by atoms with van der Waals surface area (Å²) in [6.45, 7) is 3.38. The van der Waals surface area contributed by atoms with Gasteiger partial charge in [0.05, 0.1) is 16.7 Å². The van der Waals surface area contributed by atoms with Crippen LogP contribution < -0.4 is 10.1 Å². The highest BCUT2D eigenvalue weighted by Gasteiger charge is 2.09. The summed E-state index contributed by atoms with van der Waals surface area (Å²) in [5, 5.41) is 12.5. The number of benzene rings is 2. The fourth-order valence-corrected chi connectivity index (χ4v) is 3.09. The molecule has 0 saturated carbocycles. The van der Waals surface area contributed by atoms with Crippen molar-refractivity contribution in [1.29, 1.82) is 5.26 Å². The number of halogens is 1. The molecule has 1 aromatic heterocycles. The van der Waals surface area contributed by atoms with Crippen molar-refractivity contribution in [3.05, 3.63) is 83.0 Å². The Kier molecular flexibility index (Phi) is 6.84. The molecule has 0 radical (unpaired) electrons. The summed E-state index contributed by atoms with van der Waals surface area (Å²) in [5.74, 6) is 0.812. The minimum atomic E-state index is -0.0759. The lowest BCUT2D eigenvalue weighted by atomic mass is 10.0. The lowest BCUT2D eigenvalue weighted by Crippen LogP contribution is -2.28. The predicted octanol–water partition coefficient (Wildman–Crippen LogP) is 5.60. The summed E-state index contributed by atoms with van der Waals surface area (Å²) < 4.78 is 5.80. The Morgan fingerprint density at radius 1 is 1.23 bits per heavy atom. The van der Waals surface area contributed by atoms with Crippen LogP contribution in [0.1, 0.15) is 25.0 Å². The molecule has 0 spiro atoms. The highest BCUT2D eigenvalue weighted by molar-refractivity contribution is 6.32. The second-order valence-electron chi connectivity index (χ2n) is 6.68. The van der Waals surface area contributed by atoms with Crippen molar-refractivity contribution in [2.75, 3.05) is 0 Å². The van der Waals surface area contributed by atoms with E-state index in [2.05, 4.69) is 16.4 Å². The van der Waals surface area contributed by atoms with Crippen molar-refractivity contribution in [2.45, 2.75) is 19.9 Å². The van der Waals surface area contributed by atoms with Crippen molar-refractivity contribution >= 4 is 23.6 Å². The van der Waals surface area contributed by atoms with Crippen molar-refractivity contribution < 1.29 is 9.53 Å². The van der Waals surface area contributed by atoms with Gasteiger partial charge in [0.1, 0.15) is 5.75 Å². The Labute approximate surface area is 180 Å². The molecule has 0 fully saturated rings. The molecule has 0 saturated heterocycles. The number of carbonyl (C=O) groups excluding carboxylic acids is 1. The second-order valence-corrected chi connectivity index (χ2v) is 7.09. The molecule has 0 bridgehead atoms. The van der Waals surface area contributed by atoms with Crippen LogP contribution in [0, 0.1) is 11.3 Å². The molecule has 0 aliphatic rings. The normalized spacial score (nSPS) is 11.7. The third kappa shape index (κ3) is 5.47. The van der Waals surface area contributed by atoms with Crippen LogP contribution in [-0.4, -0.2) is 16.9 Å². The minimum Gasteiger partial charge on any atom is -0.437 e. The number of rotatable bonds is 6. The predicted molar refractivity (Wildman–Crippen MR) is 118 cm³/mol. The molecule has 3 aromatic rings. The van der Waals surface area contributed by atoms with E-state index in [-0.39, 0.29) is 11.9 Å². The first-order valence-electron chi connectivity index (χ1n) is 9.34. The van der Waals surface area contributed by atoms with Gasteiger partial charge in [-0.05, 0) is 47.9 Å². The summed E-state index contributed by atoms with van der Waals surface area (Å²) in [6.07, 6.45) is 5.44. The number of pyridine rings is 1. The van der Waals surface area contributed by atoms with Crippen molar-refractivity contribution in [1.82, 2.24) is 10.3 Å². The summed E-state index contributed by atoms with van der Waals surface area (Å²) in [7, 11) is 0. The number of amides is 1. The Balaban J connectivity index is 1.72. The molecule has 30 heavy (non-hydrogen) atoms. The molecule has 0 unspecified atom stereocenters. The molecule has 6 heteroatoms. The van der Waals surface area contributed by atoms with Gasteiger partial charge >= 0.3 is 0 Å². The summed E-state index contributed by atoms with van der Waals surface area (Å²) in [4.78, 5) is 15.3. The monoisotopic (exact) mass is 417 g/mol. The van der Waals surface area contributed by atoms with Gasteiger partial charge in [-0.2, -0.15) is 5.26 Å². The van der Waals surface area contributed by atoms with E-state index in [9.17, 15) is 10.1 Å². The van der Waals surface area contributed by atoms with Crippen LogP contribution in [0.4, 0.5) is 0 Å². The Hall–Kier alpha value is -3.62. The minimum absolute atomic E-state index is 0.0677. The lowest BCUT2D eigenvalue weighted by Gasteiger charge is -2.10. The number of carbonyl (C=O) groups is 1. The first-order chi connectivity index (χ1) is 14.5. The van der Waals surface area contributed by atoms with Crippen LogP contribution in [-0.2, 0) is 4.79 Å². The zero-order chi connectivity index (χ0) is 21.5. The average molecular weight is 418 g/mol. The van der Waals surface area contributed by atoms with Crippen LogP contribution in [0.5, 0.6) is 11.6 Å². The van der Waals surface area contributed by atoms with Crippen LogP contribution in [0.2, 0.25) is 5.02 Å². The van der Waals surface area contributed by atoms with Crippen LogP contribution in [0.15, 0.2) is 66.9 Å². The Morgan fingerprint density at radius 2 is 2.03 bits per heavy atom. The van der Waals surface area contributed by atoms with Gasteiger partial charge in [-0.15, -0.1) is 0 Å². The van der Waals surface area contributed by atoms with Crippen molar-refractivity contribution in [2.24, 2.45) is 0 Å². The smallest absolute Gasteiger partial charge is 0.219 e. The molecule has 1 atom stereocenters. The molecular weight excluding hydrogens is 398 g/mol. The first-order valence-corrected chi connectivity index (χ1v) is 9.72. The highest BCUT2D eigenvalue weighted by atomic mass is 35.5. The number of nitrogens with one attached hydrogen (secondary N) is 1. The van der Waals surface area contributed by atoms with Gasteiger partial charge in [-0.1, -0.05) is 48.0 Å². The van der Waals surface area contributed by atoms with E-state index in [0.29, 0.717) is 22.2 Å². The first kappa shape index (κ1) is 21.1. The molecule has 150 valence electrons. The molecule has 1 N–H and O–H groups in total. The molecule has 3 rings (SSSR count). The van der Waals surface area contributed by atoms with E-state index in [1.807, 2.05) is 49.4 Å². The molecular formula is C24H20ClN3O2. The van der Waals surface area contributed by atoms with E-state index in [4.69, 9.17) is 16.3 Å². The topological polar surface area (TPSA) is 75.0 Å². The summed E-state index contributed by atoms with van der Waals surface area (Å²) in [6, 6.07) is 18.5. The SMILES string of the molecule is CC(=O)N[C@@H](C)/C=C/c1ccc(Oc2ccc(-c3ccccc3C#N)cc2Cl)nc1. The molecule has 5 nitrogen and oxygen atoms in total. The maximum Gasteiger partial charge on any atom is 0.219 e. The van der Waals surface area contributed by atoms with Crippen LogP contribution in [0.25, 0.3) is 17.2 Å². The zero-order valence-electron chi connectivity index (χ0n) is 16.6. The standard InChI is InChI=1S/C24H20ClN3O2/c1-16(28-17(2)29)7-8-18-9-12-24(27-15-18)30-23-11-10-19(13-22(23)25)21-6-4-3-5-20(21)14-26/h3-13,15-16H,1-2H3,(H,28,29)/b8-7+/t16-/m0/s1. The third-order valence-electron chi connectivity index (χ3n) is 4.27. The van der Waals surface area contributed by atoms with Gasteiger partial charge in [0, 0.05) is 25.2 Å². The largest absolute Gasteiger partial charge is 0.437 e. The van der Waals surface area contributed by atoms with Gasteiger partial charge in [0.15, 0.2) is 0 Å². The average Bonchev–Trinajstić information content (AvgIpc) is 2.74. The van der Waals surface area contributed by atoms with E-state index in [1.165, 1.54) is 6.92 Å². The van der Waals surface area contributed by atoms with Gasteiger partial charge in [-0.3, -0.25) is 4.79 Å². The molecule has 0 aliphatic heterocycles. The van der Waals surface area contributed by atoms with Gasteiger partial charge < -0.3 is 10.1 Å². The third-order valence-corrected chi connectivity index (χ3v) is 4.57. The molecule has 1 heterocycles. The maximum atomic E-state index is 11.0. The van der Waals surface area contributed by atoms with E-state index < -0.39 is 0 Å².